The molecule has 1 saturated heterocycles. The molecule has 0 bridgehead atoms. The number of carbonyl (C=O) groups excluding carboxylic acids is 2. The topological polar surface area (TPSA) is 59.5 Å². The van der Waals surface area contributed by atoms with Crippen molar-refractivity contribution in [2.45, 2.75) is 25.7 Å². The van der Waals surface area contributed by atoms with Crippen molar-refractivity contribution >= 4 is 33.2 Å². The first-order valence-electron chi connectivity index (χ1n) is 9.95. The summed E-state index contributed by atoms with van der Waals surface area (Å²) in [6, 6.07) is 15.3. The van der Waals surface area contributed by atoms with Crippen LogP contribution in [0.1, 0.15) is 34.6 Å². The van der Waals surface area contributed by atoms with Gasteiger partial charge in [0.1, 0.15) is 5.75 Å². The van der Waals surface area contributed by atoms with Crippen LogP contribution >= 0.6 is 11.3 Å². The Kier molecular flexibility index (Phi) is 5.90. The summed E-state index contributed by atoms with van der Waals surface area (Å²) in [5.74, 6) is 0.580. The van der Waals surface area contributed by atoms with Crippen molar-refractivity contribution in [2.75, 3.05) is 20.2 Å². The van der Waals surface area contributed by atoms with E-state index in [1.807, 2.05) is 35.2 Å². The van der Waals surface area contributed by atoms with Gasteiger partial charge in [-0.25, -0.2) is 4.98 Å². The number of rotatable bonds is 6. The summed E-state index contributed by atoms with van der Waals surface area (Å²) >= 11 is 1.64. The van der Waals surface area contributed by atoms with Gasteiger partial charge in [-0.2, -0.15) is 0 Å². The number of piperidine rings is 1. The number of nitrogens with zero attached hydrogens (tertiary/aromatic N) is 2. The molecule has 1 fully saturated rings. The van der Waals surface area contributed by atoms with Gasteiger partial charge in [0, 0.05) is 31.8 Å². The molecule has 0 radical (unpaired) electrons. The molecule has 29 heavy (non-hydrogen) atoms. The van der Waals surface area contributed by atoms with Crippen LogP contribution in [-0.4, -0.2) is 41.8 Å². The molecule has 1 aliphatic heterocycles. The number of aryl methyl sites for hydroxylation is 1. The number of fused-ring (bicyclic) bond motifs is 1. The highest BCUT2D eigenvalue weighted by molar-refractivity contribution is 7.18. The lowest BCUT2D eigenvalue weighted by atomic mass is 9.89. The molecule has 2 heterocycles. The number of methoxy groups -OCH3 is 1. The van der Waals surface area contributed by atoms with E-state index in [2.05, 4.69) is 11.1 Å². The van der Waals surface area contributed by atoms with Crippen LogP contribution < -0.4 is 4.74 Å². The van der Waals surface area contributed by atoms with Crippen molar-refractivity contribution in [1.29, 1.82) is 0 Å². The third kappa shape index (κ3) is 4.32. The highest BCUT2D eigenvalue weighted by atomic mass is 32.1. The van der Waals surface area contributed by atoms with Gasteiger partial charge in [0.2, 0.25) is 5.91 Å². The summed E-state index contributed by atoms with van der Waals surface area (Å²) < 4.78 is 6.49. The molecule has 0 spiro atoms. The molecule has 0 aliphatic carbocycles. The molecule has 1 atom stereocenters. The second-order valence-corrected chi connectivity index (χ2v) is 8.43. The van der Waals surface area contributed by atoms with Crippen molar-refractivity contribution in [3.8, 4) is 5.75 Å². The maximum absolute atomic E-state index is 13.0. The van der Waals surface area contributed by atoms with E-state index in [1.165, 1.54) is 0 Å². The third-order valence-corrected chi connectivity index (χ3v) is 6.50. The van der Waals surface area contributed by atoms with Crippen LogP contribution in [0.25, 0.3) is 10.2 Å². The maximum Gasteiger partial charge on any atom is 0.223 e. The number of ketones is 1. The van der Waals surface area contributed by atoms with E-state index in [4.69, 9.17) is 4.74 Å². The number of amides is 1. The fourth-order valence-electron chi connectivity index (χ4n) is 3.88. The van der Waals surface area contributed by atoms with Crippen LogP contribution in [0.3, 0.4) is 0 Å². The quantitative estimate of drug-likeness (QED) is 0.569. The highest BCUT2D eigenvalue weighted by Gasteiger charge is 2.30. The largest absolute Gasteiger partial charge is 0.496 e. The van der Waals surface area contributed by atoms with E-state index >= 15 is 0 Å². The van der Waals surface area contributed by atoms with Crippen molar-refractivity contribution in [3.63, 3.8) is 0 Å². The van der Waals surface area contributed by atoms with E-state index in [-0.39, 0.29) is 17.6 Å². The van der Waals surface area contributed by atoms with Gasteiger partial charge in [0.25, 0.3) is 0 Å². The smallest absolute Gasteiger partial charge is 0.223 e. The number of hydrogen-bond donors (Lipinski definition) is 0. The first kappa shape index (κ1) is 19.6. The molecule has 6 heteroatoms. The Morgan fingerprint density at radius 3 is 2.79 bits per heavy atom. The Morgan fingerprint density at radius 2 is 1.97 bits per heavy atom. The van der Waals surface area contributed by atoms with E-state index in [9.17, 15) is 9.59 Å². The van der Waals surface area contributed by atoms with Gasteiger partial charge in [-0.3, -0.25) is 9.59 Å². The highest BCUT2D eigenvalue weighted by Crippen LogP contribution is 2.27. The van der Waals surface area contributed by atoms with E-state index < -0.39 is 0 Å². The Balaban J connectivity index is 1.38. The Morgan fingerprint density at radius 1 is 1.17 bits per heavy atom. The van der Waals surface area contributed by atoms with Crippen LogP contribution in [0.2, 0.25) is 0 Å². The molecule has 2 aromatic carbocycles. The molecule has 0 N–H and O–H groups in total. The molecule has 5 nitrogen and oxygen atoms in total. The van der Waals surface area contributed by atoms with Gasteiger partial charge in [-0.15, -0.1) is 11.3 Å². The van der Waals surface area contributed by atoms with Crippen molar-refractivity contribution in [3.05, 3.63) is 59.1 Å². The monoisotopic (exact) mass is 408 g/mol. The number of benzene rings is 2. The van der Waals surface area contributed by atoms with Gasteiger partial charge in [0.15, 0.2) is 5.78 Å². The fourth-order valence-corrected chi connectivity index (χ4v) is 4.85. The number of aromatic nitrogens is 1. The van der Waals surface area contributed by atoms with Gasteiger partial charge in [-0.1, -0.05) is 24.3 Å². The zero-order valence-corrected chi connectivity index (χ0v) is 17.3. The average molecular weight is 409 g/mol. The molecular weight excluding hydrogens is 384 g/mol. The molecule has 3 aromatic rings. The summed E-state index contributed by atoms with van der Waals surface area (Å²) in [7, 11) is 1.57. The second kappa shape index (κ2) is 8.74. The molecule has 0 unspecified atom stereocenters. The van der Waals surface area contributed by atoms with E-state index in [0.717, 1.165) is 28.1 Å². The first-order chi connectivity index (χ1) is 14.2. The van der Waals surface area contributed by atoms with E-state index in [0.29, 0.717) is 37.2 Å². The van der Waals surface area contributed by atoms with Crippen molar-refractivity contribution < 1.29 is 14.3 Å². The number of carbonyl (C=O) groups is 2. The van der Waals surface area contributed by atoms with Crippen LogP contribution in [0.15, 0.2) is 48.5 Å². The molecule has 150 valence electrons. The minimum Gasteiger partial charge on any atom is -0.496 e. The number of hydrogen-bond acceptors (Lipinski definition) is 5. The summed E-state index contributed by atoms with van der Waals surface area (Å²) in [6.45, 7) is 1.20. The number of thiazole rings is 1. The van der Waals surface area contributed by atoms with Crippen molar-refractivity contribution in [1.82, 2.24) is 9.88 Å². The lowest BCUT2D eigenvalue weighted by Crippen LogP contribution is -2.42. The average Bonchev–Trinajstić information content (AvgIpc) is 3.20. The molecule has 1 aromatic heterocycles. The normalized spacial score (nSPS) is 16.7. The zero-order valence-electron chi connectivity index (χ0n) is 16.5. The zero-order chi connectivity index (χ0) is 20.2. The minimum atomic E-state index is -0.175. The van der Waals surface area contributed by atoms with Gasteiger partial charge in [0.05, 0.1) is 27.9 Å². The molecular formula is C23H24N2O3S. The van der Waals surface area contributed by atoms with Crippen LogP contribution in [0, 0.1) is 5.92 Å². The van der Waals surface area contributed by atoms with Gasteiger partial charge >= 0.3 is 0 Å². The lowest BCUT2D eigenvalue weighted by Gasteiger charge is -2.32. The van der Waals surface area contributed by atoms with Crippen molar-refractivity contribution in [2.24, 2.45) is 5.92 Å². The minimum absolute atomic E-state index is 0.0612. The standard InChI is InChI=1S/C23H24N2O3S/c1-28-19-10-4-2-8-17(19)23(27)16-7-6-14-25(15-16)22(26)13-12-21-24-18-9-3-5-11-20(18)29-21/h2-5,8-11,16H,6-7,12-15H2,1H3/t16-/m1/s1. The molecule has 0 saturated carbocycles. The summed E-state index contributed by atoms with van der Waals surface area (Å²) in [5, 5.41) is 0.984. The maximum atomic E-state index is 13.0. The number of ether oxygens (including phenoxy) is 1. The number of para-hydroxylation sites is 2. The van der Waals surface area contributed by atoms with Crippen LogP contribution in [-0.2, 0) is 11.2 Å². The lowest BCUT2D eigenvalue weighted by molar-refractivity contribution is -0.132. The predicted octanol–water partition coefficient (Wildman–Crippen LogP) is 4.36. The van der Waals surface area contributed by atoms with Crippen LogP contribution in [0.4, 0.5) is 0 Å². The predicted molar refractivity (Wildman–Crippen MR) is 115 cm³/mol. The SMILES string of the molecule is COc1ccccc1C(=O)[C@@H]1CCCN(C(=O)CCc2nc3ccccc3s2)C1. The number of Topliss-reactive ketones (excluding diaryl/α,β-unsaturated/α-hetero) is 1. The van der Waals surface area contributed by atoms with Gasteiger partial charge < -0.3 is 9.64 Å². The Bertz CT molecular complexity index is 997. The second-order valence-electron chi connectivity index (χ2n) is 7.32. The third-order valence-electron chi connectivity index (χ3n) is 5.41. The summed E-state index contributed by atoms with van der Waals surface area (Å²) in [4.78, 5) is 32.2. The molecule has 4 rings (SSSR count). The van der Waals surface area contributed by atoms with Crippen LogP contribution in [0.5, 0.6) is 5.75 Å². The summed E-state index contributed by atoms with van der Waals surface area (Å²) in [6.07, 6.45) is 2.71. The van der Waals surface area contributed by atoms with E-state index in [1.54, 1.807) is 30.6 Å². The van der Waals surface area contributed by atoms with Gasteiger partial charge in [-0.05, 0) is 37.1 Å². The first-order valence-corrected chi connectivity index (χ1v) is 10.8. The molecule has 1 aliphatic rings. The Labute approximate surface area is 174 Å². The number of likely N-dealkylation sites (tertiary alicyclic amines) is 1. The fraction of sp³-hybridized carbons (Fsp3) is 0.348. The molecule has 1 amide bonds. The Hall–Kier alpha value is -2.73. The summed E-state index contributed by atoms with van der Waals surface area (Å²) in [5.41, 5.74) is 1.59.